The summed E-state index contributed by atoms with van der Waals surface area (Å²) in [5, 5.41) is 7.41. The van der Waals surface area contributed by atoms with Gasteiger partial charge in [-0.3, -0.25) is 59.0 Å². The van der Waals surface area contributed by atoms with Gasteiger partial charge in [-0.15, -0.1) is 0 Å². The van der Waals surface area contributed by atoms with E-state index in [1.165, 1.54) is 88.2 Å². The average molecular weight is 801 g/mol. The number of rotatable bonds is 8. The Hall–Kier alpha value is -2.18. The summed E-state index contributed by atoms with van der Waals surface area (Å²) in [4.78, 5) is 37.1. The van der Waals surface area contributed by atoms with E-state index in [0.29, 0.717) is 0 Å². The highest BCUT2D eigenvalue weighted by Gasteiger charge is 2.23. The van der Waals surface area contributed by atoms with Crippen LogP contribution in [0.2, 0.25) is 0 Å². The van der Waals surface area contributed by atoms with Gasteiger partial charge in [0.05, 0.1) is 22.8 Å². The maximum atomic E-state index is 5.27. The number of hydrogen-bond acceptors (Lipinski definition) is 14. The fourth-order valence-electron chi connectivity index (χ4n) is 9.73. The molecule has 14 nitrogen and oxygen atoms in total. The van der Waals surface area contributed by atoms with Gasteiger partial charge in [0.1, 0.15) is 0 Å². The zero-order chi connectivity index (χ0) is 39.2. The Morgan fingerprint density at radius 2 is 0.517 bits per heavy atom. The van der Waals surface area contributed by atoms with E-state index in [-0.39, 0.29) is 0 Å². The Balaban J connectivity index is 0.816. The van der Waals surface area contributed by atoms with Gasteiger partial charge in [0.2, 0.25) is 0 Å². The van der Waals surface area contributed by atoms with E-state index in [2.05, 4.69) is 96.0 Å². The van der Waals surface area contributed by atoms with Crippen LogP contribution in [-0.4, -0.2) is 255 Å². The quantitative estimate of drug-likeness (QED) is 0.359. The predicted molar refractivity (Wildman–Crippen MR) is 234 cm³/mol. The molecule has 0 spiro atoms. The van der Waals surface area contributed by atoms with E-state index in [1.807, 2.05) is 0 Å². The Kier molecular flexibility index (Phi) is 16.6. The van der Waals surface area contributed by atoms with Gasteiger partial charge >= 0.3 is 0 Å². The number of aromatic nitrogens is 2. The summed E-state index contributed by atoms with van der Waals surface area (Å²) in [5.41, 5.74) is 4.86. The third-order valence-electron chi connectivity index (χ3n) is 13.7. The standard InChI is InChI=1S/C44H76N14/c1-3-41(37-55-13-9-45-7-11-49-15-19-51(20-16-49)25-31-55)47-43(5-1)39-57-33-27-53-23-24-54(28-34-57)30-36-58(35-29-53)40-44-6-2-4-42(48-44)38-56-14-10-46-8-12-50-17-21-52(22-18-50)26-32-56/h1-6,45-46H,7-40H2. The van der Waals surface area contributed by atoms with Gasteiger partial charge < -0.3 is 10.6 Å². The number of pyridine rings is 2. The second-order valence-electron chi connectivity index (χ2n) is 17.9. The molecule has 0 radical (unpaired) electrons. The van der Waals surface area contributed by atoms with Crippen molar-refractivity contribution in [3.8, 4) is 0 Å². The lowest BCUT2D eigenvalue weighted by Gasteiger charge is -2.36. The normalized spacial score (nSPS) is 31.3. The molecule has 8 saturated heterocycles. The lowest BCUT2D eigenvalue weighted by Crippen LogP contribution is -2.51. The number of hydrogen-bond donors (Lipinski definition) is 2. The Morgan fingerprint density at radius 1 is 0.293 bits per heavy atom. The molecule has 2 N–H and O–H groups in total. The average Bonchev–Trinajstić information content (AvgIpc) is 3.39. The number of nitrogens with zero attached hydrogens (tertiary/aromatic N) is 12. The first-order chi connectivity index (χ1) is 28.6. The van der Waals surface area contributed by atoms with Gasteiger partial charge in [-0.25, -0.2) is 0 Å². The fraction of sp³-hybridized carbons (Fsp3) is 0.773. The molecular weight excluding hydrogens is 725 g/mol. The van der Waals surface area contributed by atoms with E-state index in [0.717, 1.165) is 157 Å². The molecule has 6 bridgehead atoms. The van der Waals surface area contributed by atoms with Gasteiger partial charge in [0.15, 0.2) is 0 Å². The number of fused-ring (bicyclic) bond motifs is 21. The van der Waals surface area contributed by atoms with Crippen molar-refractivity contribution in [2.75, 3.05) is 196 Å². The van der Waals surface area contributed by atoms with Gasteiger partial charge in [-0.2, -0.15) is 0 Å². The van der Waals surface area contributed by atoms with E-state index in [9.17, 15) is 0 Å². The summed E-state index contributed by atoms with van der Waals surface area (Å²) < 4.78 is 0. The molecule has 2 aromatic heterocycles. The molecule has 8 aliphatic heterocycles. The van der Waals surface area contributed by atoms with Crippen molar-refractivity contribution in [2.45, 2.75) is 26.2 Å². The van der Waals surface area contributed by atoms with Crippen LogP contribution in [0.4, 0.5) is 0 Å². The van der Waals surface area contributed by atoms with Crippen LogP contribution in [0.5, 0.6) is 0 Å². The predicted octanol–water partition coefficient (Wildman–Crippen LogP) is -0.542. The molecule has 58 heavy (non-hydrogen) atoms. The highest BCUT2D eigenvalue weighted by molar-refractivity contribution is 5.13. The molecule has 0 aromatic carbocycles. The van der Waals surface area contributed by atoms with Crippen LogP contribution >= 0.6 is 0 Å². The maximum Gasteiger partial charge on any atom is 0.0547 e. The molecule has 0 aliphatic carbocycles. The smallest absolute Gasteiger partial charge is 0.0547 e. The first-order valence-electron chi connectivity index (χ1n) is 23.2. The van der Waals surface area contributed by atoms with Crippen LogP contribution < -0.4 is 10.6 Å². The van der Waals surface area contributed by atoms with Crippen molar-refractivity contribution < 1.29 is 0 Å². The van der Waals surface area contributed by atoms with Gasteiger partial charge in [-0.05, 0) is 24.3 Å². The molecule has 14 heteroatoms. The summed E-state index contributed by atoms with van der Waals surface area (Å²) in [6, 6.07) is 13.5. The van der Waals surface area contributed by atoms with Crippen LogP contribution in [0.15, 0.2) is 36.4 Å². The molecule has 0 unspecified atom stereocenters. The zero-order valence-corrected chi connectivity index (χ0v) is 35.9. The first-order valence-corrected chi connectivity index (χ1v) is 23.2. The molecule has 8 aliphatic rings. The third-order valence-corrected chi connectivity index (χ3v) is 13.7. The van der Waals surface area contributed by atoms with Crippen LogP contribution in [0.1, 0.15) is 22.8 Å². The minimum absolute atomic E-state index is 0.931. The number of piperazine rings is 2. The second-order valence-corrected chi connectivity index (χ2v) is 17.9. The maximum absolute atomic E-state index is 5.27. The second kappa shape index (κ2) is 22.6. The monoisotopic (exact) mass is 801 g/mol. The van der Waals surface area contributed by atoms with Crippen molar-refractivity contribution in [2.24, 2.45) is 0 Å². The van der Waals surface area contributed by atoms with E-state index in [1.54, 1.807) is 0 Å². The summed E-state index contributed by atoms with van der Waals surface area (Å²) in [7, 11) is 0. The molecule has 8 fully saturated rings. The molecule has 0 saturated carbocycles. The van der Waals surface area contributed by atoms with Crippen molar-refractivity contribution in [3.63, 3.8) is 0 Å². The summed E-state index contributed by atoms with van der Waals surface area (Å²) >= 11 is 0. The lowest BCUT2D eigenvalue weighted by atomic mass is 10.2. The largest absolute Gasteiger partial charge is 0.314 e. The molecule has 0 amide bonds. The van der Waals surface area contributed by atoms with Gasteiger partial charge in [-0.1, -0.05) is 12.1 Å². The highest BCUT2D eigenvalue weighted by atomic mass is 15.3. The minimum atomic E-state index is 0.931. The molecule has 10 heterocycles. The summed E-state index contributed by atoms with van der Waals surface area (Å²) in [5.74, 6) is 0. The summed E-state index contributed by atoms with van der Waals surface area (Å²) in [6.45, 7) is 37.8. The van der Waals surface area contributed by atoms with Crippen LogP contribution in [0.3, 0.4) is 0 Å². The first kappa shape index (κ1) is 42.5. The van der Waals surface area contributed by atoms with Crippen LogP contribution in [-0.2, 0) is 26.2 Å². The Labute approximate surface area is 350 Å². The van der Waals surface area contributed by atoms with Crippen molar-refractivity contribution in [1.82, 2.24) is 69.6 Å². The van der Waals surface area contributed by atoms with Gasteiger partial charge in [0, 0.05) is 223 Å². The Bertz CT molecular complexity index is 1350. The minimum Gasteiger partial charge on any atom is -0.314 e. The fourth-order valence-corrected chi connectivity index (χ4v) is 9.73. The summed E-state index contributed by atoms with van der Waals surface area (Å²) in [6.07, 6.45) is 0. The molecule has 2 aromatic rings. The van der Waals surface area contributed by atoms with Crippen molar-refractivity contribution in [3.05, 3.63) is 59.2 Å². The van der Waals surface area contributed by atoms with Gasteiger partial charge in [0.25, 0.3) is 0 Å². The SMILES string of the molecule is c1cc(CN2CCNCCN3CCN(CC3)CC2)nc(CN2CCN3CCN(CC2)CCN(Cc2cccc(CN4CCNCCN5CCN(CC5)CC4)n2)CC3)c1. The molecular formula is C44H76N14. The topological polar surface area (TPSA) is 82.2 Å². The highest BCUT2D eigenvalue weighted by Crippen LogP contribution is 2.13. The molecule has 322 valence electrons. The van der Waals surface area contributed by atoms with Crippen molar-refractivity contribution in [1.29, 1.82) is 0 Å². The van der Waals surface area contributed by atoms with Crippen molar-refractivity contribution >= 4 is 0 Å². The number of nitrogens with one attached hydrogen (secondary N) is 2. The van der Waals surface area contributed by atoms with Crippen LogP contribution in [0, 0.1) is 0 Å². The van der Waals surface area contributed by atoms with E-state index in [4.69, 9.17) is 9.97 Å². The Morgan fingerprint density at radius 3 is 0.810 bits per heavy atom. The third kappa shape index (κ3) is 13.7. The lowest BCUT2D eigenvalue weighted by molar-refractivity contribution is 0.112. The van der Waals surface area contributed by atoms with E-state index >= 15 is 0 Å². The molecule has 10 rings (SSSR count). The van der Waals surface area contributed by atoms with Crippen LogP contribution in [0.25, 0.3) is 0 Å². The zero-order valence-electron chi connectivity index (χ0n) is 35.9. The molecule has 0 atom stereocenters. The van der Waals surface area contributed by atoms with E-state index < -0.39 is 0 Å².